The number of nitrogens with zero attached hydrogens (tertiary/aromatic N) is 3. The van der Waals surface area contributed by atoms with Crippen LogP contribution in [0.25, 0.3) is 0 Å². The Bertz CT molecular complexity index is 423. The molecule has 1 aliphatic rings. The molecule has 0 amide bonds. The highest BCUT2D eigenvalue weighted by Gasteiger charge is 2.31. The second-order valence-corrected chi connectivity index (χ2v) is 5.82. The molecule has 1 aromatic heterocycles. The van der Waals surface area contributed by atoms with Crippen molar-refractivity contribution in [3.63, 3.8) is 0 Å². The Morgan fingerprint density at radius 3 is 2.80 bits per heavy atom. The zero-order valence-electron chi connectivity index (χ0n) is 13.1. The molecule has 20 heavy (non-hydrogen) atoms. The van der Waals surface area contributed by atoms with Crippen molar-refractivity contribution in [3.05, 3.63) is 11.9 Å². The molecule has 1 N–H and O–H groups in total. The van der Waals surface area contributed by atoms with Gasteiger partial charge in [0, 0.05) is 25.6 Å². The monoisotopic (exact) mass is 278 g/mol. The minimum absolute atomic E-state index is 0.0282. The van der Waals surface area contributed by atoms with Gasteiger partial charge in [-0.25, -0.2) is 9.97 Å². The number of morpholine rings is 1. The van der Waals surface area contributed by atoms with Gasteiger partial charge in [-0.15, -0.1) is 0 Å². The lowest BCUT2D eigenvalue weighted by Crippen LogP contribution is -2.53. The molecular formula is C15H26N4O. The lowest BCUT2D eigenvalue weighted by Gasteiger charge is -2.43. The van der Waals surface area contributed by atoms with E-state index in [-0.39, 0.29) is 5.54 Å². The third-order valence-electron chi connectivity index (χ3n) is 3.51. The number of ether oxygens (including phenoxy) is 1. The molecule has 2 rings (SSSR count). The fraction of sp³-hybridized carbons (Fsp3) is 0.733. The highest BCUT2D eigenvalue weighted by atomic mass is 16.5. The number of anilines is 2. The van der Waals surface area contributed by atoms with Crippen LogP contribution in [0.4, 0.5) is 11.6 Å². The van der Waals surface area contributed by atoms with Crippen LogP contribution in [0.3, 0.4) is 0 Å². The molecule has 5 heteroatoms. The highest BCUT2D eigenvalue weighted by molar-refractivity contribution is 5.51. The minimum Gasteiger partial charge on any atom is -0.377 e. The van der Waals surface area contributed by atoms with E-state index < -0.39 is 0 Å². The van der Waals surface area contributed by atoms with Gasteiger partial charge >= 0.3 is 0 Å². The van der Waals surface area contributed by atoms with Crippen LogP contribution in [0.15, 0.2) is 6.07 Å². The van der Waals surface area contributed by atoms with Crippen molar-refractivity contribution in [1.29, 1.82) is 0 Å². The van der Waals surface area contributed by atoms with E-state index in [9.17, 15) is 0 Å². The van der Waals surface area contributed by atoms with Gasteiger partial charge in [-0.05, 0) is 27.2 Å². The van der Waals surface area contributed by atoms with Crippen molar-refractivity contribution in [2.75, 3.05) is 36.5 Å². The molecule has 0 aliphatic carbocycles. The average molecular weight is 278 g/mol. The number of rotatable bonds is 5. The second-order valence-electron chi connectivity index (χ2n) is 5.82. The molecule has 1 saturated heterocycles. The number of hydrogen-bond donors (Lipinski definition) is 1. The standard InChI is InChI=1S/C15H26N4O/c1-5-7-12-17-13(16-6-2)10-14(18-12)19-8-9-20-11-15(19,3)4/h10H,5-9,11H2,1-4H3,(H,16,17,18). The van der Waals surface area contributed by atoms with Gasteiger partial charge in [0.25, 0.3) is 0 Å². The quantitative estimate of drug-likeness (QED) is 0.896. The van der Waals surface area contributed by atoms with Crippen LogP contribution in [0, 0.1) is 0 Å². The average Bonchev–Trinajstić information content (AvgIpc) is 2.38. The molecule has 2 heterocycles. The summed E-state index contributed by atoms with van der Waals surface area (Å²) in [6.45, 7) is 11.9. The maximum Gasteiger partial charge on any atom is 0.135 e. The van der Waals surface area contributed by atoms with Crippen LogP contribution in [0.2, 0.25) is 0 Å². The van der Waals surface area contributed by atoms with E-state index in [0.717, 1.165) is 56.6 Å². The molecule has 5 nitrogen and oxygen atoms in total. The summed E-state index contributed by atoms with van der Waals surface area (Å²) in [4.78, 5) is 11.7. The highest BCUT2D eigenvalue weighted by Crippen LogP contribution is 2.27. The summed E-state index contributed by atoms with van der Waals surface area (Å²) in [6, 6.07) is 2.05. The molecule has 0 spiro atoms. The molecule has 1 aromatic rings. The van der Waals surface area contributed by atoms with Crippen molar-refractivity contribution in [3.8, 4) is 0 Å². The number of aromatic nitrogens is 2. The molecule has 0 atom stereocenters. The zero-order chi connectivity index (χ0) is 14.6. The molecule has 0 aromatic carbocycles. The Morgan fingerprint density at radius 1 is 1.35 bits per heavy atom. The Morgan fingerprint density at radius 2 is 2.15 bits per heavy atom. The Labute approximate surface area is 121 Å². The Hall–Kier alpha value is -1.36. The fourth-order valence-electron chi connectivity index (χ4n) is 2.51. The van der Waals surface area contributed by atoms with E-state index >= 15 is 0 Å². The molecule has 0 saturated carbocycles. The van der Waals surface area contributed by atoms with Gasteiger partial charge in [0.05, 0.1) is 18.8 Å². The molecule has 0 unspecified atom stereocenters. The van der Waals surface area contributed by atoms with E-state index in [4.69, 9.17) is 9.72 Å². The van der Waals surface area contributed by atoms with Crippen LogP contribution >= 0.6 is 0 Å². The van der Waals surface area contributed by atoms with Gasteiger partial charge in [0.15, 0.2) is 0 Å². The van der Waals surface area contributed by atoms with Crippen LogP contribution in [0.5, 0.6) is 0 Å². The molecule has 0 radical (unpaired) electrons. The third-order valence-corrected chi connectivity index (χ3v) is 3.51. The molecule has 1 fully saturated rings. The first-order chi connectivity index (χ1) is 9.56. The lowest BCUT2D eigenvalue weighted by molar-refractivity contribution is 0.0639. The van der Waals surface area contributed by atoms with Crippen LogP contribution in [-0.4, -0.2) is 41.8 Å². The summed E-state index contributed by atoms with van der Waals surface area (Å²) < 4.78 is 5.59. The topological polar surface area (TPSA) is 50.3 Å². The smallest absolute Gasteiger partial charge is 0.135 e. The number of hydrogen-bond acceptors (Lipinski definition) is 5. The molecule has 0 bridgehead atoms. The van der Waals surface area contributed by atoms with Gasteiger partial charge in [-0.1, -0.05) is 6.92 Å². The Balaban J connectivity index is 2.33. The van der Waals surface area contributed by atoms with Gasteiger partial charge in [-0.3, -0.25) is 0 Å². The van der Waals surface area contributed by atoms with Gasteiger partial charge in [-0.2, -0.15) is 0 Å². The fourth-order valence-corrected chi connectivity index (χ4v) is 2.51. The summed E-state index contributed by atoms with van der Waals surface area (Å²) in [5, 5.41) is 3.30. The first-order valence-electron chi connectivity index (χ1n) is 7.54. The normalized spacial score (nSPS) is 18.1. The van der Waals surface area contributed by atoms with Gasteiger partial charge in [0.2, 0.25) is 0 Å². The summed E-state index contributed by atoms with van der Waals surface area (Å²) in [5.74, 6) is 2.85. The summed E-state index contributed by atoms with van der Waals surface area (Å²) in [6.07, 6.45) is 1.97. The summed E-state index contributed by atoms with van der Waals surface area (Å²) in [5.41, 5.74) is -0.0282. The predicted molar refractivity (Wildman–Crippen MR) is 82.4 cm³/mol. The van der Waals surface area contributed by atoms with Crippen molar-refractivity contribution in [2.24, 2.45) is 0 Å². The molecule has 1 aliphatic heterocycles. The van der Waals surface area contributed by atoms with E-state index in [2.05, 4.69) is 49.0 Å². The predicted octanol–water partition coefficient (Wildman–Crippen LogP) is 2.48. The largest absolute Gasteiger partial charge is 0.377 e. The summed E-state index contributed by atoms with van der Waals surface area (Å²) in [7, 11) is 0. The van der Waals surface area contributed by atoms with Crippen LogP contribution in [0.1, 0.15) is 39.9 Å². The molecular weight excluding hydrogens is 252 g/mol. The van der Waals surface area contributed by atoms with Crippen molar-refractivity contribution in [2.45, 2.75) is 46.1 Å². The first-order valence-corrected chi connectivity index (χ1v) is 7.54. The lowest BCUT2D eigenvalue weighted by atomic mass is 10.0. The van der Waals surface area contributed by atoms with Crippen LogP contribution in [-0.2, 0) is 11.2 Å². The van der Waals surface area contributed by atoms with Gasteiger partial charge in [0.1, 0.15) is 17.5 Å². The number of aryl methyl sites for hydroxylation is 1. The zero-order valence-corrected chi connectivity index (χ0v) is 13.1. The van der Waals surface area contributed by atoms with Crippen molar-refractivity contribution in [1.82, 2.24) is 9.97 Å². The Kier molecular flexibility index (Phi) is 4.81. The third kappa shape index (κ3) is 3.39. The van der Waals surface area contributed by atoms with E-state index in [0.29, 0.717) is 0 Å². The van der Waals surface area contributed by atoms with E-state index in [1.165, 1.54) is 0 Å². The maximum atomic E-state index is 5.59. The second kappa shape index (κ2) is 6.39. The molecule has 112 valence electrons. The van der Waals surface area contributed by atoms with E-state index in [1.807, 2.05) is 0 Å². The SMILES string of the molecule is CCCc1nc(NCC)cc(N2CCOCC2(C)C)n1. The van der Waals surface area contributed by atoms with E-state index in [1.54, 1.807) is 0 Å². The number of nitrogens with one attached hydrogen (secondary N) is 1. The maximum absolute atomic E-state index is 5.59. The first kappa shape index (κ1) is 15.0. The van der Waals surface area contributed by atoms with Crippen molar-refractivity contribution < 1.29 is 4.74 Å². The van der Waals surface area contributed by atoms with Crippen LogP contribution < -0.4 is 10.2 Å². The van der Waals surface area contributed by atoms with Crippen molar-refractivity contribution >= 4 is 11.6 Å². The summed E-state index contributed by atoms with van der Waals surface area (Å²) >= 11 is 0. The van der Waals surface area contributed by atoms with Gasteiger partial charge < -0.3 is 15.0 Å². The minimum atomic E-state index is -0.0282.